The molecule has 0 saturated heterocycles. The first-order valence-corrected chi connectivity index (χ1v) is 10.9. The molecular formula is C25H25N3O3. The second-order valence-corrected chi connectivity index (χ2v) is 9.41. The van der Waals surface area contributed by atoms with Crippen molar-refractivity contribution in [2.75, 3.05) is 18.5 Å². The van der Waals surface area contributed by atoms with E-state index >= 15 is 0 Å². The molecule has 1 aromatic heterocycles. The molecule has 158 valence electrons. The van der Waals surface area contributed by atoms with Gasteiger partial charge in [0.15, 0.2) is 17.3 Å². The van der Waals surface area contributed by atoms with Crippen LogP contribution in [0.1, 0.15) is 44.7 Å². The zero-order chi connectivity index (χ0) is 21.2. The molecule has 0 radical (unpaired) electrons. The van der Waals surface area contributed by atoms with Crippen molar-refractivity contribution < 1.29 is 14.3 Å². The fraction of sp³-hybridized carbons (Fsp3) is 0.360. The lowest BCUT2D eigenvalue weighted by atomic mass is 9.73. The first-order chi connectivity index (χ1) is 15.0. The summed E-state index contributed by atoms with van der Waals surface area (Å²) in [6.45, 7) is 5.58. The molecule has 1 aliphatic carbocycles. The number of allylic oxidation sites excluding steroid dienone is 2. The molecule has 1 N–H and O–H groups in total. The van der Waals surface area contributed by atoms with Crippen LogP contribution in [0.15, 0.2) is 53.7 Å². The number of carbonyl (C=O) groups excluding carboxylic acids is 1. The molecule has 3 heterocycles. The fourth-order valence-corrected chi connectivity index (χ4v) is 5.09. The fourth-order valence-electron chi connectivity index (χ4n) is 5.09. The Morgan fingerprint density at radius 2 is 1.87 bits per heavy atom. The van der Waals surface area contributed by atoms with Gasteiger partial charge in [0.1, 0.15) is 0 Å². The molecule has 0 saturated carbocycles. The maximum absolute atomic E-state index is 13.5. The maximum Gasteiger partial charge on any atom is 0.209 e. The quantitative estimate of drug-likeness (QED) is 0.615. The Morgan fingerprint density at radius 3 is 2.74 bits per heavy atom. The van der Waals surface area contributed by atoms with Crippen molar-refractivity contribution >= 4 is 22.8 Å². The molecule has 1 unspecified atom stereocenters. The Balaban J connectivity index is 1.58. The van der Waals surface area contributed by atoms with Crippen LogP contribution in [0.5, 0.6) is 11.5 Å². The van der Waals surface area contributed by atoms with Gasteiger partial charge in [-0.2, -0.15) is 0 Å². The number of ether oxygens (including phenoxy) is 2. The third-order valence-electron chi connectivity index (χ3n) is 6.40. The van der Waals surface area contributed by atoms with Gasteiger partial charge in [0, 0.05) is 24.1 Å². The lowest BCUT2D eigenvalue weighted by Gasteiger charge is -2.39. The number of carbonyl (C=O) groups is 1. The largest absolute Gasteiger partial charge is 0.490 e. The minimum Gasteiger partial charge on any atom is -0.490 e. The van der Waals surface area contributed by atoms with Crippen molar-refractivity contribution in [3.63, 3.8) is 0 Å². The number of imidazole rings is 1. The Morgan fingerprint density at radius 1 is 1.06 bits per heavy atom. The Kier molecular flexibility index (Phi) is 3.94. The summed E-state index contributed by atoms with van der Waals surface area (Å²) in [6, 6.07) is 13.9. The predicted octanol–water partition coefficient (Wildman–Crippen LogP) is 4.86. The molecule has 2 aromatic carbocycles. The summed E-state index contributed by atoms with van der Waals surface area (Å²) in [4.78, 5) is 18.3. The minimum atomic E-state index is -0.251. The van der Waals surface area contributed by atoms with E-state index in [4.69, 9.17) is 14.5 Å². The van der Waals surface area contributed by atoms with Gasteiger partial charge in [-0.1, -0.05) is 32.0 Å². The molecule has 1 atom stereocenters. The van der Waals surface area contributed by atoms with E-state index in [-0.39, 0.29) is 17.2 Å². The van der Waals surface area contributed by atoms with Crippen LogP contribution >= 0.6 is 0 Å². The van der Waals surface area contributed by atoms with Gasteiger partial charge in [-0.05, 0) is 41.7 Å². The number of hydrogen-bond acceptors (Lipinski definition) is 5. The van der Waals surface area contributed by atoms with Gasteiger partial charge >= 0.3 is 0 Å². The van der Waals surface area contributed by atoms with Crippen LogP contribution in [-0.4, -0.2) is 28.5 Å². The van der Waals surface area contributed by atoms with Crippen LogP contribution < -0.4 is 14.8 Å². The zero-order valence-corrected chi connectivity index (χ0v) is 17.8. The molecule has 3 aliphatic rings. The summed E-state index contributed by atoms with van der Waals surface area (Å²) in [5.41, 5.74) is 4.68. The van der Waals surface area contributed by atoms with Crippen LogP contribution in [0.25, 0.3) is 11.0 Å². The third kappa shape index (κ3) is 2.92. The highest BCUT2D eigenvalue weighted by Crippen LogP contribution is 2.48. The number of aromatic nitrogens is 2. The number of para-hydroxylation sites is 2. The summed E-state index contributed by atoms with van der Waals surface area (Å²) in [7, 11) is 0. The molecule has 2 aliphatic heterocycles. The minimum absolute atomic E-state index is 0.0770. The lowest BCUT2D eigenvalue weighted by Crippen LogP contribution is -2.36. The van der Waals surface area contributed by atoms with Crippen LogP contribution in [0.3, 0.4) is 0 Å². The summed E-state index contributed by atoms with van der Waals surface area (Å²) in [5.74, 6) is 2.48. The van der Waals surface area contributed by atoms with E-state index < -0.39 is 0 Å². The van der Waals surface area contributed by atoms with Crippen molar-refractivity contribution in [1.29, 1.82) is 0 Å². The van der Waals surface area contributed by atoms with Crippen molar-refractivity contribution in [1.82, 2.24) is 9.55 Å². The topological polar surface area (TPSA) is 65.4 Å². The summed E-state index contributed by atoms with van der Waals surface area (Å²) in [5, 5.41) is 3.50. The number of benzene rings is 2. The van der Waals surface area contributed by atoms with E-state index in [9.17, 15) is 4.79 Å². The highest BCUT2D eigenvalue weighted by Gasteiger charge is 2.41. The molecule has 6 rings (SSSR count). The van der Waals surface area contributed by atoms with Crippen molar-refractivity contribution in [3.05, 3.63) is 59.3 Å². The molecular weight excluding hydrogens is 390 g/mol. The van der Waals surface area contributed by atoms with Crippen LogP contribution in [0.4, 0.5) is 5.95 Å². The molecule has 6 heteroatoms. The van der Waals surface area contributed by atoms with E-state index in [0.29, 0.717) is 19.6 Å². The van der Waals surface area contributed by atoms with Crippen LogP contribution in [0.2, 0.25) is 0 Å². The Hall–Kier alpha value is -3.28. The predicted molar refractivity (Wildman–Crippen MR) is 119 cm³/mol. The van der Waals surface area contributed by atoms with Crippen LogP contribution in [-0.2, 0) is 4.79 Å². The number of nitrogens with one attached hydrogen (secondary N) is 1. The molecule has 0 amide bonds. The molecule has 3 aromatic rings. The summed E-state index contributed by atoms with van der Waals surface area (Å²) < 4.78 is 14.0. The second-order valence-electron chi connectivity index (χ2n) is 9.41. The average molecular weight is 415 g/mol. The Labute approximate surface area is 180 Å². The van der Waals surface area contributed by atoms with E-state index in [0.717, 1.165) is 58.2 Å². The molecule has 0 bridgehead atoms. The second kappa shape index (κ2) is 6.61. The van der Waals surface area contributed by atoms with Gasteiger partial charge in [-0.3, -0.25) is 9.36 Å². The van der Waals surface area contributed by atoms with Gasteiger partial charge < -0.3 is 14.8 Å². The average Bonchev–Trinajstić information content (AvgIpc) is 2.93. The monoisotopic (exact) mass is 415 g/mol. The smallest absolute Gasteiger partial charge is 0.209 e. The maximum atomic E-state index is 13.5. The number of fused-ring (bicyclic) bond motifs is 4. The van der Waals surface area contributed by atoms with E-state index in [2.05, 4.69) is 35.9 Å². The first kappa shape index (κ1) is 18.5. The van der Waals surface area contributed by atoms with Crippen molar-refractivity contribution in [3.8, 4) is 11.5 Å². The van der Waals surface area contributed by atoms with Gasteiger partial charge in [0.25, 0.3) is 0 Å². The van der Waals surface area contributed by atoms with Gasteiger partial charge in [0.05, 0.1) is 30.3 Å². The standard InChI is InChI=1S/C25H25N3O3/c1-25(2)13-17-22(19(29)14-25)23(15-8-9-20-21(12-15)31-11-5-10-30-20)28-18-7-4-3-6-16(18)26-24(28)27-17/h3-4,6-9,12,23H,5,10-11,13-14H2,1-2H3,(H,26,27). The van der Waals surface area contributed by atoms with Crippen molar-refractivity contribution in [2.24, 2.45) is 5.41 Å². The van der Waals surface area contributed by atoms with Gasteiger partial charge in [-0.25, -0.2) is 4.98 Å². The summed E-state index contributed by atoms with van der Waals surface area (Å²) in [6.07, 6.45) is 2.21. The van der Waals surface area contributed by atoms with E-state index in [1.807, 2.05) is 30.3 Å². The normalized spacial score (nSPS) is 21.9. The molecule has 6 nitrogen and oxygen atoms in total. The number of ketones is 1. The van der Waals surface area contributed by atoms with Crippen molar-refractivity contribution in [2.45, 2.75) is 39.2 Å². The number of rotatable bonds is 1. The highest BCUT2D eigenvalue weighted by atomic mass is 16.5. The van der Waals surface area contributed by atoms with E-state index in [1.165, 1.54) is 0 Å². The third-order valence-corrected chi connectivity index (χ3v) is 6.40. The molecule has 0 fully saturated rings. The van der Waals surface area contributed by atoms with Gasteiger partial charge in [-0.15, -0.1) is 0 Å². The number of Topliss-reactive ketones (excluding diaryl/α,β-unsaturated/α-hetero) is 1. The zero-order valence-electron chi connectivity index (χ0n) is 17.8. The molecule has 31 heavy (non-hydrogen) atoms. The lowest BCUT2D eigenvalue weighted by molar-refractivity contribution is -0.118. The molecule has 0 spiro atoms. The summed E-state index contributed by atoms with van der Waals surface area (Å²) >= 11 is 0. The number of hydrogen-bond donors (Lipinski definition) is 1. The first-order valence-electron chi connectivity index (χ1n) is 10.9. The van der Waals surface area contributed by atoms with Crippen LogP contribution in [0, 0.1) is 5.41 Å². The highest BCUT2D eigenvalue weighted by molar-refractivity contribution is 6.01. The number of nitrogens with zero attached hydrogens (tertiary/aromatic N) is 2. The number of anilines is 1. The van der Waals surface area contributed by atoms with E-state index in [1.54, 1.807) is 0 Å². The Bertz CT molecular complexity index is 1250. The SMILES string of the molecule is CC1(C)CC(=O)C2=C(C1)Nc1nc3ccccc3n1C2c1ccc2c(c1)OCCCO2. The van der Waals surface area contributed by atoms with Gasteiger partial charge in [0.2, 0.25) is 5.95 Å².